The molecule has 0 aromatic carbocycles. The second-order valence-electron chi connectivity index (χ2n) is 10.3. The summed E-state index contributed by atoms with van der Waals surface area (Å²) in [5, 5.41) is 84.9. The van der Waals surface area contributed by atoms with Gasteiger partial charge in [0, 0.05) is 12.6 Å². The number of hydrogen-bond donors (Lipinski definition) is 13. The van der Waals surface area contributed by atoms with Gasteiger partial charge in [0.25, 0.3) is 0 Å². The van der Waals surface area contributed by atoms with E-state index < -0.39 is 110 Å². The van der Waals surface area contributed by atoms with Crippen molar-refractivity contribution in [2.75, 3.05) is 19.7 Å². The highest BCUT2D eigenvalue weighted by Crippen LogP contribution is 2.32. The van der Waals surface area contributed by atoms with Gasteiger partial charge < -0.3 is 88.1 Å². The molecule has 16 atom stereocenters. The molecule has 2 aliphatic heterocycles. The lowest BCUT2D eigenvalue weighted by molar-refractivity contribution is -0.332. The maximum Gasteiger partial charge on any atom is 0.249 e. The SMILES string of the molecule is NCC[C@H](O)C(=O)N[C@@H]1C[C@H](N)[C@H](O[C@H]2O[C@@H](CN)[C@@H](O)[C@@H](O)[C@H]2O)[C@H](O)[C@H]1O[C@H]1O[C@@H](CO)[C@@H](O)[C@H](N)[C@H]1O. The molecule has 234 valence electrons. The molecule has 0 unspecified atom stereocenters. The van der Waals surface area contributed by atoms with E-state index in [0.717, 1.165) is 0 Å². The van der Waals surface area contributed by atoms with Gasteiger partial charge in [-0.2, -0.15) is 0 Å². The third-order valence-electron chi connectivity index (χ3n) is 7.51. The van der Waals surface area contributed by atoms with E-state index in [0.29, 0.717) is 0 Å². The van der Waals surface area contributed by atoms with Crippen LogP contribution < -0.4 is 28.3 Å². The third kappa shape index (κ3) is 7.06. The van der Waals surface area contributed by atoms with Crippen LogP contribution in [0.1, 0.15) is 12.8 Å². The summed E-state index contributed by atoms with van der Waals surface area (Å²) in [6, 6.07) is -3.45. The highest BCUT2D eigenvalue weighted by molar-refractivity contribution is 5.80. The van der Waals surface area contributed by atoms with Crippen LogP contribution in [0.25, 0.3) is 0 Å². The number of carbonyl (C=O) groups is 1. The average Bonchev–Trinajstić information content (AvgIpc) is 2.92. The molecule has 2 heterocycles. The zero-order chi connectivity index (χ0) is 29.9. The molecule has 0 aromatic rings. The van der Waals surface area contributed by atoms with Gasteiger partial charge in [-0.05, 0) is 19.4 Å². The van der Waals surface area contributed by atoms with Crippen molar-refractivity contribution < 1.29 is 64.6 Å². The van der Waals surface area contributed by atoms with E-state index >= 15 is 0 Å². The zero-order valence-corrected chi connectivity index (χ0v) is 21.7. The largest absolute Gasteiger partial charge is 0.394 e. The van der Waals surface area contributed by atoms with Crippen LogP contribution in [-0.4, -0.2) is 164 Å². The number of aliphatic hydroxyl groups excluding tert-OH is 8. The molecule has 0 bridgehead atoms. The molecule has 1 aliphatic carbocycles. The maximum atomic E-state index is 12.6. The van der Waals surface area contributed by atoms with Crippen molar-refractivity contribution in [3.05, 3.63) is 0 Å². The van der Waals surface area contributed by atoms with Crippen LogP contribution >= 0.6 is 0 Å². The molecule has 1 amide bonds. The molecule has 0 aromatic heterocycles. The van der Waals surface area contributed by atoms with Gasteiger partial charge in [-0.25, -0.2) is 0 Å². The maximum absolute atomic E-state index is 12.6. The van der Waals surface area contributed by atoms with Crippen molar-refractivity contribution in [1.29, 1.82) is 0 Å². The van der Waals surface area contributed by atoms with Gasteiger partial charge in [0.15, 0.2) is 12.6 Å². The van der Waals surface area contributed by atoms with Gasteiger partial charge in [-0.15, -0.1) is 0 Å². The van der Waals surface area contributed by atoms with Crippen molar-refractivity contribution in [2.24, 2.45) is 22.9 Å². The van der Waals surface area contributed by atoms with Crippen molar-refractivity contribution in [3.8, 4) is 0 Å². The first-order valence-electron chi connectivity index (χ1n) is 13.1. The third-order valence-corrected chi connectivity index (χ3v) is 7.51. The fourth-order valence-electron chi connectivity index (χ4n) is 5.07. The first-order valence-corrected chi connectivity index (χ1v) is 13.1. The summed E-state index contributed by atoms with van der Waals surface area (Å²) >= 11 is 0. The van der Waals surface area contributed by atoms with E-state index in [-0.39, 0.29) is 25.9 Å². The minimum atomic E-state index is -1.76. The Hall–Kier alpha value is -1.17. The second-order valence-corrected chi connectivity index (χ2v) is 10.3. The second kappa shape index (κ2) is 14.3. The zero-order valence-electron chi connectivity index (χ0n) is 21.7. The Balaban J connectivity index is 1.85. The molecule has 0 spiro atoms. The number of nitrogens with one attached hydrogen (secondary N) is 1. The number of carbonyl (C=O) groups excluding carboxylic acids is 1. The summed E-state index contributed by atoms with van der Waals surface area (Å²) in [7, 11) is 0. The Kier molecular flexibility index (Phi) is 11.9. The van der Waals surface area contributed by atoms with Crippen LogP contribution in [0.2, 0.25) is 0 Å². The van der Waals surface area contributed by atoms with E-state index in [2.05, 4.69) is 5.32 Å². The molecule has 18 nitrogen and oxygen atoms in total. The average molecular weight is 586 g/mol. The molecule has 17 N–H and O–H groups in total. The Labute approximate surface area is 229 Å². The predicted octanol–water partition coefficient (Wildman–Crippen LogP) is -8.42. The highest BCUT2D eigenvalue weighted by Gasteiger charge is 2.52. The monoisotopic (exact) mass is 585 g/mol. The van der Waals surface area contributed by atoms with Crippen LogP contribution in [0.4, 0.5) is 0 Å². The fraction of sp³-hybridized carbons (Fsp3) is 0.955. The number of ether oxygens (including phenoxy) is 4. The van der Waals surface area contributed by atoms with E-state index in [1.165, 1.54) is 0 Å². The lowest BCUT2D eigenvalue weighted by atomic mass is 9.83. The molecule has 1 saturated carbocycles. The predicted molar refractivity (Wildman–Crippen MR) is 131 cm³/mol. The Morgan fingerprint density at radius 1 is 0.850 bits per heavy atom. The molecular formula is C22H43N5O13. The van der Waals surface area contributed by atoms with Gasteiger partial charge in [0.05, 0.1) is 18.7 Å². The van der Waals surface area contributed by atoms with E-state index in [9.17, 15) is 45.6 Å². The summed E-state index contributed by atoms with van der Waals surface area (Å²) in [6.45, 7) is -0.898. The van der Waals surface area contributed by atoms with Gasteiger partial charge in [0.1, 0.15) is 67.1 Å². The Bertz CT molecular complexity index is 815. The number of rotatable bonds is 10. The Morgan fingerprint density at radius 3 is 2.05 bits per heavy atom. The number of aliphatic hydroxyl groups is 8. The molecule has 3 aliphatic rings. The van der Waals surface area contributed by atoms with Crippen molar-refractivity contribution in [3.63, 3.8) is 0 Å². The van der Waals surface area contributed by atoms with Crippen molar-refractivity contribution in [1.82, 2.24) is 5.32 Å². The Morgan fingerprint density at radius 2 is 1.45 bits per heavy atom. The summed E-state index contributed by atoms with van der Waals surface area (Å²) < 4.78 is 22.5. The number of nitrogens with two attached hydrogens (primary N) is 4. The molecule has 3 rings (SSSR count). The van der Waals surface area contributed by atoms with Crippen molar-refractivity contribution >= 4 is 5.91 Å². The highest BCUT2D eigenvalue weighted by atomic mass is 16.7. The number of amides is 1. The quantitative estimate of drug-likeness (QED) is 0.113. The first-order chi connectivity index (χ1) is 18.9. The van der Waals surface area contributed by atoms with Crippen LogP contribution in [0.5, 0.6) is 0 Å². The van der Waals surface area contributed by atoms with Gasteiger partial charge in [-0.3, -0.25) is 4.79 Å². The minimum Gasteiger partial charge on any atom is -0.394 e. The summed E-state index contributed by atoms with van der Waals surface area (Å²) in [6.07, 6.45) is -19.8. The molecule has 2 saturated heterocycles. The lowest BCUT2D eigenvalue weighted by Gasteiger charge is -2.49. The molecule has 3 fully saturated rings. The topological polar surface area (TPSA) is 332 Å². The summed E-state index contributed by atoms with van der Waals surface area (Å²) in [4.78, 5) is 12.6. The lowest BCUT2D eigenvalue weighted by Crippen LogP contribution is -2.69. The van der Waals surface area contributed by atoms with Crippen LogP contribution in [-0.2, 0) is 23.7 Å². The normalized spacial score (nSPS) is 47.0. The standard InChI is InChI=1S/C22H43N5O13/c23-2-1-8(29)20(36)27-7-3-6(25)18(39-22-16(34)15(33)13(31)9(4-24)37-22)17(35)19(7)40-21-14(32)11(26)12(30)10(5-28)38-21/h6-19,21-22,28-35H,1-5,23-26H2,(H,27,36)/t6-,7+,8-,9-,10-,11-,12+,13+,14+,15+,16+,17-,18-,19-,21+,22+/m0/s1. The summed E-state index contributed by atoms with van der Waals surface area (Å²) in [5.74, 6) is -0.845. The van der Waals surface area contributed by atoms with E-state index in [1.807, 2.05) is 0 Å². The summed E-state index contributed by atoms with van der Waals surface area (Å²) in [5.41, 5.74) is 23.1. The minimum absolute atomic E-state index is 0.0101. The van der Waals surface area contributed by atoms with Gasteiger partial charge in [0.2, 0.25) is 5.91 Å². The van der Waals surface area contributed by atoms with Crippen molar-refractivity contribution in [2.45, 2.75) is 111 Å². The molecule has 0 radical (unpaired) electrons. The van der Waals surface area contributed by atoms with Gasteiger partial charge >= 0.3 is 0 Å². The molecule has 18 heteroatoms. The van der Waals surface area contributed by atoms with Crippen LogP contribution in [0.3, 0.4) is 0 Å². The van der Waals surface area contributed by atoms with Crippen LogP contribution in [0, 0.1) is 0 Å². The fourth-order valence-corrected chi connectivity index (χ4v) is 5.07. The van der Waals surface area contributed by atoms with E-state index in [1.54, 1.807) is 0 Å². The molecule has 40 heavy (non-hydrogen) atoms. The van der Waals surface area contributed by atoms with Crippen LogP contribution in [0.15, 0.2) is 0 Å². The first kappa shape index (κ1) is 33.3. The van der Waals surface area contributed by atoms with Gasteiger partial charge in [-0.1, -0.05) is 0 Å². The number of hydrogen-bond acceptors (Lipinski definition) is 17. The van der Waals surface area contributed by atoms with E-state index in [4.69, 9.17) is 41.9 Å². The smallest absolute Gasteiger partial charge is 0.249 e. The molecular weight excluding hydrogens is 542 g/mol.